The van der Waals surface area contributed by atoms with Crippen LogP contribution in [0.2, 0.25) is 0 Å². The van der Waals surface area contributed by atoms with Crippen molar-refractivity contribution in [1.29, 1.82) is 0 Å². The Labute approximate surface area is 202 Å². The smallest absolute Gasteiger partial charge is 0.290 e. The minimum Gasteiger partial charge on any atom is -0.351 e. The quantitative estimate of drug-likeness (QED) is 0.422. The van der Waals surface area contributed by atoms with Gasteiger partial charge in [0.25, 0.3) is 5.91 Å². The Kier molecular flexibility index (Phi) is 6.33. The summed E-state index contributed by atoms with van der Waals surface area (Å²) in [5.41, 5.74) is 2.36. The van der Waals surface area contributed by atoms with Gasteiger partial charge in [-0.3, -0.25) is 9.48 Å². The molecule has 1 aromatic carbocycles. The van der Waals surface area contributed by atoms with E-state index >= 15 is 4.39 Å². The van der Waals surface area contributed by atoms with Gasteiger partial charge >= 0.3 is 0 Å². The summed E-state index contributed by atoms with van der Waals surface area (Å²) in [5.74, 6) is -0.335. The summed E-state index contributed by atoms with van der Waals surface area (Å²) >= 11 is 0. The number of nitrogens with zero attached hydrogens (tertiary/aromatic N) is 6. The predicted molar refractivity (Wildman–Crippen MR) is 128 cm³/mol. The van der Waals surface area contributed by atoms with Gasteiger partial charge in [0.15, 0.2) is 5.82 Å². The Morgan fingerprint density at radius 1 is 1.23 bits per heavy atom. The second-order valence-electron chi connectivity index (χ2n) is 9.32. The van der Waals surface area contributed by atoms with E-state index in [2.05, 4.69) is 35.8 Å². The zero-order chi connectivity index (χ0) is 25.3. The number of hydrogen-bond acceptors (Lipinski definition) is 8. The van der Waals surface area contributed by atoms with Gasteiger partial charge in [0.2, 0.25) is 11.7 Å². The number of hydrogen-bond donors (Lipinski definition) is 2. The number of carbonyl (C=O) groups is 1. The van der Waals surface area contributed by atoms with E-state index in [-0.39, 0.29) is 28.5 Å². The highest BCUT2D eigenvalue weighted by Gasteiger charge is 2.24. The largest absolute Gasteiger partial charge is 0.351 e. The van der Waals surface area contributed by atoms with Gasteiger partial charge in [-0.05, 0) is 31.0 Å². The second-order valence-corrected chi connectivity index (χ2v) is 9.32. The molecule has 4 aromatic rings. The minimum atomic E-state index is -0.476. The minimum absolute atomic E-state index is 0.107. The first kappa shape index (κ1) is 24.0. The van der Waals surface area contributed by atoms with Gasteiger partial charge in [-0.25, -0.2) is 14.4 Å². The Morgan fingerprint density at radius 3 is 2.66 bits per heavy atom. The molecule has 0 unspecified atom stereocenters. The molecule has 11 heteroatoms. The second kappa shape index (κ2) is 9.24. The standard InChI is InChI=1S/C24H27FN8O2/c1-13-16(14(2)29-22(34)18-9-19(32-35-18)24(3,4)5)7-8-17(20(13)25)21-26-12-27-23(31-21)30-15-10-28-33(6)11-15/h7-12,14H,1-6H3,(H,29,34)(H,26,27,30,31)/t14-/m1/s1. The van der Waals surface area contributed by atoms with Crippen LogP contribution in [-0.2, 0) is 12.5 Å². The number of amides is 1. The van der Waals surface area contributed by atoms with E-state index in [4.69, 9.17) is 4.52 Å². The molecule has 35 heavy (non-hydrogen) atoms. The van der Waals surface area contributed by atoms with E-state index in [9.17, 15) is 4.79 Å². The van der Waals surface area contributed by atoms with Crippen molar-refractivity contribution in [3.8, 4) is 11.4 Å². The van der Waals surface area contributed by atoms with Gasteiger partial charge in [0.05, 0.1) is 29.2 Å². The average molecular weight is 479 g/mol. The lowest BCUT2D eigenvalue weighted by Gasteiger charge is -2.17. The molecule has 3 heterocycles. The Bertz CT molecular complexity index is 1370. The zero-order valence-electron chi connectivity index (χ0n) is 20.4. The van der Waals surface area contributed by atoms with Crippen LogP contribution < -0.4 is 10.6 Å². The van der Waals surface area contributed by atoms with Gasteiger partial charge in [0.1, 0.15) is 12.1 Å². The van der Waals surface area contributed by atoms with E-state index in [0.29, 0.717) is 22.5 Å². The molecule has 1 amide bonds. The molecule has 3 aromatic heterocycles. The SMILES string of the molecule is Cc1c([C@@H](C)NC(=O)c2cc(C(C)(C)C)no2)ccc(-c2ncnc(Nc3cnn(C)c3)n2)c1F. The molecule has 1 atom stereocenters. The summed E-state index contributed by atoms with van der Waals surface area (Å²) in [6.07, 6.45) is 4.71. The third kappa shape index (κ3) is 5.18. The highest BCUT2D eigenvalue weighted by atomic mass is 19.1. The van der Waals surface area contributed by atoms with Crippen molar-refractivity contribution in [3.05, 3.63) is 65.3 Å². The van der Waals surface area contributed by atoms with E-state index in [1.165, 1.54) is 6.33 Å². The number of halogens is 1. The molecule has 0 radical (unpaired) electrons. The van der Waals surface area contributed by atoms with Crippen molar-refractivity contribution in [2.75, 3.05) is 5.32 Å². The summed E-state index contributed by atoms with van der Waals surface area (Å²) in [4.78, 5) is 25.2. The van der Waals surface area contributed by atoms with Crippen LogP contribution >= 0.6 is 0 Å². The van der Waals surface area contributed by atoms with E-state index in [1.807, 2.05) is 20.8 Å². The molecule has 0 saturated heterocycles. The number of benzene rings is 1. The van der Waals surface area contributed by atoms with Gasteiger partial charge in [-0.2, -0.15) is 10.1 Å². The molecule has 0 aliphatic rings. The number of aromatic nitrogens is 6. The van der Waals surface area contributed by atoms with Crippen LogP contribution in [0.5, 0.6) is 0 Å². The molecule has 2 N–H and O–H groups in total. The fourth-order valence-electron chi connectivity index (χ4n) is 3.52. The van der Waals surface area contributed by atoms with E-state index < -0.39 is 17.8 Å². The topological polar surface area (TPSA) is 124 Å². The monoisotopic (exact) mass is 478 g/mol. The van der Waals surface area contributed by atoms with Gasteiger partial charge < -0.3 is 15.2 Å². The highest BCUT2D eigenvalue weighted by molar-refractivity contribution is 5.91. The van der Waals surface area contributed by atoms with Crippen LogP contribution in [0.25, 0.3) is 11.4 Å². The first-order valence-electron chi connectivity index (χ1n) is 11.0. The average Bonchev–Trinajstić information content (AvgIpc) is 3.45. The van der Waals surface area contributed by atoms with E-state index in [1.54, 1.807) is 56.2 Å². The lowest BCUT2D eigenvalue weighted by molar-refractivity contribution is 0.0902. The zero-order valence-corrected chi connectivity index (χ0v) is 20.4. The first-order valence-corrected chi connectivity index (χ1v) is 11.0. The van der Waals surface area contributed by atoms with Crippen molar-refractivity contribution in [2.45, 2.75) is 46.1 Å². The molecule has 0 bridgehead atoms. The Balaban J connectivity index is 1.53. The van der Waals surface area contributed by atoms with E-state index in [0.717, 1.165) is 0 Å². The van der Waals surface area contributed by atoms with Crippen molar-refractivity contribution in [1.82, 2.24) is 35.2 Å². The summed E-state index contributed by atoms with van der Waals surface area (Å²) in [5, 5.41) is 13.9. The molecule has 0 aliphatic carbocycles. The molecular weight excluding hydrogens is 451 g/mol. The number of rotatable bonds is 6. The first-order chi connectivity index (χ1) is 16.5. The number of carbonyl (C=O) groups excluding carboxylic acids is 1. The molecule has 0 saturated carbocycles. The van der Waals surface area contributed by atoms with Crippen molar-refractivity contribution in [2.24, 2.45) is 7.05 Å². The molecular formula is C24H27FN8O2. The number of nitrogens with one attached hydrogen (secondary N) is 2. The maximum atomic E-state index is 15.4. The van der Waals surface area contributed by atoms with Crippen molar-refractivity contribution in [3.63, 3.8) is 0 Å². The molecule has 0 aliphatic heterocycles. The predicted octanol–water partition coefficient (Wildman–Crippen LogP) is 4.24. The number of anilines is 2. The maximum Gasteiger partial charge on any atom is 0.290 e. The molecule has 4 rings (SSSR count). The third-order valence-corrected chi connectivity index (χ3v) is 5.52. The summed E-state index contributed by atoms with van der Waals surface area (Å²) in [7, 11) is 1.79. The van der Waals surface area contributed by atoms with Crippen LogP contribution in [0.4, 0.5) is 16.0 Å². The van der Waals surface area contributed by atoms with Crippen LogP contribution in [0.1, 0.15) is 61.1 Å². The summed E-state index contributed by atoms with van der Waals surface area (Å²) < 4.78 is 22.2. The number of aryl methyl sites for hydroxylation is 1. The lowest BCUT2D eigenvalue weighted by Crippen LogP contribution is -2.27. The summed E-state index contributed by atoms with van der Waals surface area (Å²) in [6, 6.07) is 4.49. The normalized spacial score (nSPS) is 12.4. The molecule has 0 spiro atoms. The lowest BCUT2D eigenvalue weighted by atomic mass is 9.92. The third-order valence-electron chi connectivity index (χ3n) is 5.52. The Morgan fingerprint density at radius 2 is 2.00 bits per heavy atom. The molecule has 0 fully saturated rings. The van der Waals surface area contributed by atoms with Gasteiger partial charge in [-0.1, -0.05) is 32.0 Å². The van der Waals surface area contributed by atoms with Crippen molar-refractivity contribution >= 4 is 17.5 Å². The van der Waals surface area contributed by atoms with Crippen molar-refractivity contribution < 1.29 is 13.7 Å². The maximum absolute atomic E-state index is 15.4. The summed E-state index contributed by atoms with van der Waals surface area (Å²) in [6.45, 7) is 9.37. The van der Waals surface area contributed by atoms with Gasteiger partial charge in [-0.15, -0.1) is 0 Å². The molecule has 10 nitrogen and oxygen atoms in total. The fraction of sp³-hybridized carbons (Fsp3) is 0.333. The molecule has 182 valence electrons. The van der Waals surface area contributed by atoms with Gasteiger partial charge in [0, 0.05) is 24.7 Å². The van der Waals surface area contributed by atoms with Crippen LogP contribution in [0, 0.1) is 12.7 Å². The Hall–Kier alpha value is -4.15. The fourth-order valence-corrected chi connectivity index (χ4v) is 3.52. The highest BCUT2D eigenvalue weighted by Crippen LogP contribution is 2.28. The van der Waals surface area contributed by atoms with Crippen LogP contribution in [-0.4, -0.2) is 35.8 Å². The van der Waals surface area contributed by atoms with Crippen LogP contribution in [0.3, 0.4) is 0 Å². The van der Waals surface area contributed by atoms with Crippen LogP contribution in [0.15, 0.2) is 41.4 Å².